The van der Waals surface area contributed by atoms with Crippen LogP contribution in [0.25, 0.3) is 15.9 Å². The molecule has 0 fully saturated rings. The molecule has 30 heavy (non-hydrogen) atoms. The largest absolute Gasteiger partial charge is 0.451 e. The van der Waals surface area contributed by atoms with Gasteiger partial charge < -0.3 is 10.1 Å². The molecule has 1 amide bonds. The van der Waals surface area contributed by atoms with Crippen molar-refractivity contribution >= 4 is 39.2 Å². The van der Waals surface area contributed by atoms with Crippen LogP contribution in [-0.4, -0.2) is 38.0 Å². The Hall–Kier alpha value is -3.97. The molecule has 0 saturated heterocycles. The Labute approximate surface area is 175 Å². The highest BCUT2D eigenvalue weighted by Crippen LogP contribution is 2.28. The Morgan fingerprint density at radius 2 is 2.07 bits per heavy atom. The van der Waals surface area contributed by atoms with Crippen molar-refractivity contribution < 1.29 is 14.3 Å². The van der Waals surface area contributed by atoms with E-state index in [1.165, 1.54) is 22.2 Å². The lowest BCUT2D eigenvalue weighted by atomic mass is 10.3. The van der Waals surface area contributed by atoms with E-state index >= 15 is 0 Å². The zero-order valence-electron chi connectivity index (χ0n) is 16.1. The highest BCUT2D eigenvalue weighted by Gasteiger charge is 2.19. The number of fused-ring (bicyclic) bond motifs is 1. The van der Waals surface area contributed by atoms with Crippen molar-refractivity contribution in [3.63, 3.8) is 0 Å². The number of aryl methyl sites for hydroxylation is 2. The molecule has 9 nitrogen and oxygen atoms in total. The van der Waals surface area contributed by atoms with Crippen molar-refractivity contribution in [2.75, 3.05) is 11.9 Å². The normalized spacial score (nSPS) is 10.7. The Morgan fingerprint density at radius 3 is 2.77 bits per heavy atom. The number of anilines is 1. The first kappa shape index (κ1) is 19.4. The first-order chi connectivity index (χ1) is 14.5. The molecule has 3 heterocycles. The third-order valence-corrected chi connectivity index (χ3v) is 5.56. The zero-order chi connectivity index (χ0) is 21.3. The maximum atomic E-state index is 12.4. The van der Waals surface area contributed by atoms with Crippen molar-refractivity contribution in [2.24, 2.45) is 7.05 Å². The van der Waals surface area contributed by atoms with Crippen LogP contribution >= 0.6 is 11.3 Å². The quantitative estimate of drug-likeness (QED) is 0.497. The number of nitrogens with zero attached hydrogens (tertiary/aromatic N) is 5. The second kappa shape index (κ2) is 7.81. The lowest BCUT2D eigenvalue weighted by molar-refractivity contribution is -0.119. The number of thiophene rings is 1. The second-order valence-corrected chi connectivity index (χ2v) is 7.46. The number of aromatic nitrogens is 4. The van der Waals surface area contributed by atoms with E-state index in [-0.39, 0.29) is 11.4 Å². The minimum absolute atomic E-state index is 0.200. The fourth-order valence-electron chi connectivity index (χ4n) is 2.99. The predicted molar refractivity (Wildman–Crippen MR) is 111 cm³/mol. The Morgan fingerprint density at radius 1 is 1.30 bits per heavy atom. The van der Waals surface area contributed by atoms with Crippen molar-refractivity contribution in [1.29, 1.82) is 5.26 Å². The summed E-state index contributed by atoms with van der Waals surface area (Å²) in [4.78, 5) is 26.0. The van der Waals surface area contributed by atoms with Gasteiger partial charge in [-0.3, -0.25) is 9.48 Å². The number of esters is 1. The molecule has 4 aromatic rings. The fourth-order valence-corrected chi connectivity index (χ4v) is 4.01. The SMILES string of the molecule is Cc1nn(C)c2sc(C(=O)OCC(=O)Nc3c(C#N)cnn3-c3ccccc3)cc12. The molecule has 0 aliphatic rings. The molecule has 0 spiro atoms. The summed E-state index contributed by atoms with van der Waals surface area (Å²) < 4.78 is 8.30. The number of hydrogen-bond acceptors (Lipinski definition) is 7. The molecule has 10 heteroatoms. The highest BCUT2D eigenvalue weighted by atomic mass is 32.1. The molecular formula is C20H16N6O3S. The number of amides is 1. The summed E-state index contributed by atoms with van der Waals surface area (Å²) in [5.74, 6) is -0.951. The molecule has 0 aliphatic carbocycles. The van der Waals surface area contributed by atoms with Gasteiger partial charge in [0.25, 0.3) is 5.91 Å². The van der Waals surface area contributed by atoms with Gasteiger partial charge in [-0.25, -0.2) is 9.48 Å². The first-order valence-electron chi connectivity index (χ1n) is 8.91. The second-order valence-electron chi connectivity index (χ2n) is 6.43. The van der Waals surface area contributed by atoms with Crippen LogP contribution in [0.2, 0.25) is 0 Å². The molecule has 1 aromatic carbocycles. The third-order valence-electron chi connectivity index (χ3n) is 4.38. The summed E-state index contributed by atoms with van der Waals surface area (Å²) in [6, 6.07) is 12.8. The Balaban J connectivity index is 1.46. The average Bonchev–Trinajstić information content (AvgIpc) is 3.43. The number of nitrogens with one attached hydrogen (secondary N) is 1. The van der Waals surface area contributed by atoms with E-state index in [4.69, 9.17) is 4.74 Å². The average molecular weight is 420 g/mol. The smallest absolute Gasteiger partial charge is 0.348 e. The molecule has 150 valence electrons. The van der Waals surface area contributed by atoms with E-state index in [0.29, 0.717) is 10.6 Å². The Kier molecular flexibility index (Phi) is 5.04. The lowest BCUT2D eigenvalue weighted by Crippen LogP contribution is -2.22. The summed E-state index contributed by atoms with van der Waals surface area (Å²) in [5.41, 5.74) is 1.70. The van der Waals surface area contributed by atoms with Crippen LogP contribution in [0.3, 0.4) is 0 Å². The molecule has 3 aromatic heterocycles. The van der Waals surface area contributed by atoms with Gasteiger partial charge in [0.1, 0.15) is 21.3 Å². The maximum absolute atomic E-state index is 12.4. The lowest BCUT2D eigenvalue weighted by Gasteiger charge is -2.09. The minimum atomic E-state index is -0.595. The number of benzene rings is 1. The van der Waals surface area contributed by atoms with Crippen LogP contribution in [0.4, 0.5) is 5.82 Å². The summed E-state index contributed by atoms with van der Waals surface area (Å²) in [7, 11) is 1.80. The first-order valence-corrected chi connectivity index (χ1v) is 9.73. The molecule has 0 saturated carbocycles. The van der Waals surface area contributed by atoms with Gasteiger partial charge in [-0.15, -0.1) is 11.3 Å². The van der Waals surface area contributed by atoms with E-state index in [1.807, 2.05) is 31.2 Å². The molecular weight excluding hydrogens is 404 g/mol. The monoisotopic (exact) mass is 420 g/mol. The molecule has 0 bridgehead atoms. The van der Waals surface area contributed by atoms with E-state index in [1.54, 1.807) is 29.9 Å². The van der Waals surface area contributed by atoms with Crippen molar-refractivity contribution in [1.82, 2.24) is 19.6 Å². The summed E-state index contributed by atoms with van der Waals surface area (Å²) >= 11 is 1.25. The molecule has 0 radical (unpaired) electrons. The fraction of sp³-hybridized carbons (Fsp3) is 0.150. The third kappa shape index (κ3) is 3.54. The highest BCUT2D eigenvalue weighted by molar-refractivity contribution is 7.20. The molecule has 0 aliphatic heterocycles. The predicted octanol–water partition coefficient (Wildman–Crippen LogP) is 2.80. The van der Waals surface area contributed by atoms with Crippen LogP contribution in [0.5, 0.6) is 0 Å². The number of nitriles is 1. The van der Waals surface area contributed by atoms with Gasteiger partial charge in [0.2, 0.25) is 0 Å². The van der Waals surface area contributed by atoms with E-state index in [2.05, 4.69) is 15.5 Å². The van der Waals surface area contributed by atoms with Crippen molar-refractivity contribution in [2.45, 2.75) is 6.92 Å². The van der Waals surface area contributed by atoms with E-state index in [0.717, 1.165) is 15.9 Å². The number of carbonyl (C=O) groups is 2. The number of ether oxygens (including phenoxy) is 1. The van der Waals surface area contributed by atoms with Crippen molar-refractivity contribution in [3.05, 3.63) is 58.7 Å². The van der Waals surface area contributed by atoms with Crippen LogP contribution in [0, 0.1) is 18.3 Å². The van der Waals surface area contributed by atoms with Crippen LogP contribution in [0.1, 0.15) is 20.9 Å². The zero-order valence-corrected chi connectivity index (χ0v) is 16.9. The van der Waals surface area contributed by atoms with Crippen LogP contribution in [-0.2, 0) is 16.6 Å². The Bertz CT molecular complexity index is 1260. The van der Waals surface area contributed by atoms with Crippen molar-refractivity contribution in [3.8, 4) is 11.8 Å². The standard InChI is InChI=1S/C20H16N6O3S/c1-12-15-8-16(30-19(15)25(2)24-12)20(28)29-11-17(27)23-18-13(9-21)10-22-26(18)14-6-4-3-5-7-14/h3-8,10H,11H2,1-2H3,(H,23,27). The van der Waals surface area contributed by atoms with Gasteiger partial charge in [-0.1, -0.05) is 18.2 Å². The minimum Gasteiger partial charge on any atom is -0.451 e. The summed E-state index contributed by atoms with van der Waals surface area (Å²) in [6.45, 7) is 1.37. The topological polar surface area (TPSA) is 115 Å². The van der Waals surface area contributed by atoms with Crippen LogP contribution < -0.4 is 5.32 Å². The number of rotatable bonds is 5. The molecule has 1 N–H and O–H groups in total. The van der Waals surface area contributed by atoms with Gasteiger partial charge in [0.05, 0.1) is 17.6 Å². The summed E-state index contributed by atoms with van der Waals surface area (Å²) in [6.07, 6.45) is 1.36. The van der Waals surface area contributed by atoms with Crippen LogP contribution in [0.15, 0.2) is 42.6 Å². The summed E-state index contributed by atoms with van der Waals surface area (Å²) in [5, 5.41) is 21.2. The van der Waals surface area contributed by atoms with Gasteiger partial charge in [0.15, 0.2) is 12.4 Å². The molecule has 4 rings (SSSR count). The van der Waals surface area contributed by atoms with Gasteiger partial charge in [0, 0.05) is 12.4 Å². The molecule has 0 atom stereocenters. The van der Waals surface area contributed by atoms with Gasteiger partial charge in [-0.2, -0.15) is 15.5 Å². The van der Waals surface area contributed by atoms with E-state index < -0.39 is 18.5 Å². The number of hydrogen-bond donors (Lipinski definition) is 1. The molecule has 0 unspecified atom stereocenters. The van der Waals surface area contributed by atoms with Gasteiger partial charge >= 0.3 is 5.97 Å². The number of para-hydroxylation sites is 1. The maximum Gasteiger partial charge on any atom is 0.348 e. The number of carbonyl (C=O) groups excluding carboxylic acids is 2. The van der Waals surface area contributed by atoms with E-state index in [9.17, 15) is 14.9 Å². The van der Waals surface area contributed by atoms with Gasteiger partial charge in [-0.05, 0) is 25.1 Å².